The van der Waals surface area contributed by atoms with Crippen LogP contribution in [0.5, 0.6) is 0 Å². The molecular weight excluding hydrogens is 446 g/mol. The van der Waals surface area contributed by atoms with Crippen LogP contribution in [-0.2, 0) is 11.8 Å². The smallest absolute Gasteiger partial charge is 0.248 e. The summed E-state index contributed by atoms with van der Waals surface area (Å²) in [5, 5.41) is 6.53. The Morgan fingerprint density at radius 3 is 2.60 bits per heavy atom. The zero-order valence-electron chi connectivity index (χ0n) is 13.9. The van der Waals surface area contributed by atoms with Gasteiger partial charge in [0.15, 0.2) is 0 Å². The van der Waals surface area contributed by atoms with E-state index in [9.17, 15) is 4.79 Å². The lowest BCUT2D eigenvalue weighted by Gasteiger charge is -2.09. The first kappa shape index (κ1) is 16.8. The molecular formula is C19H17Br2N3O. The number of aromatic nitrogens is 1. The normalized spacial score (nSPS) is 21.9. The molecule has 4 nitrogen and oxygen atoms in total. The summed E-state index contributed by atoms with van der Waals surface area (Å²) in [7, 11) is 2.07. The molecule has 128 valence electrons. The third kappa shape index (κ3) is 2.62. The predicted octanol–water partition coefficient (Wildman–Crippen LogP) is 4.68. The van der Waals surface area contributed by atoms with E-state index in [0.29, 0.717) is 0 Å². The Morgan fingerprint density at radius 1 is 1.20 bits per heavy atom. The van der Waals surface area contributed by atoms with E-state index >= 15 is 0 Å². The molecule has 1 aliphatic rings. The summed E-state index contributed by atoms with van der Waals surface area (Å²) in [6.07, 6.45) is 2.43. The van der Waals surface area contributed by atoms with Crippen LogP contribution in [0.15, 0.2) is 47.6 Å². The Morgan fingerprint density at radius 2 is 1.88 bits per heavy atom. The van der Waals surface area contributed by atoms with Crippen LogP contribution in [0, 0.1) is 5.41 Å². The van der Waals surface area contributed by atoms with E-state index in [4.69, 9.17) is 0 Å². The van der Waals surface area contributed by atoms with Gasteiger partial charge in [0, 0.05) is 28.9 Å². The van der Waals surface area contributed by atoms with E-state index in [1.165, 1.54) is 21.8 Å². The van der Waals surface area contributed by atoms with Crippen LogP contribution >= 0.6 is 31.9 Å². The molecule has 1 fully saturated rings. The van der Waals surface area contributed by atoms with Gasteiger partial charge in [-0.2, -0.15) is 5.10 Å². The number of aryl methyl sites for hydroxylation is 1. The molecule has 1 heterocycles. The van der Waals surface area contributed by atoms with Gasteiger partial charge in [-0.05, 0) is 37.1 Å². The first-order valence-electron chi connectivity index (χ1n) is 8.02. The number of carbonyl (C=O) groups is 1. The highest BCUT2D eigenvalue weighted by atomic mass is 79.9. The molecule has 1 atom stereocenters. The quantitative estimate of drug-likeness (QED) is 0.343. The molecule has 1 amide bonds. The molecule has 4 rings (SSSR count). The number of amides is 1. The number of rotatable bonds is 3. The lowest BCUT2D eigenvalue weighted by Crippen LogP contribution is -2.29. The van der Waals surface area contributed by atoms with Crippen molar-refractivity contribution in [2.75, 3.05) is 0 Å². The summed E-state index contributed by atoms with van der Waals surface area (Å²) in [5.41, 5.74) is 5.51. The fourth-order valence-corrected chi connectivity index (χ4v) is 4.68. The van der Waals surface area contributed by atoms with Gasteiger partial charge in [-0.1, -0.05) is 56.1 Å². The maximum absolute atomic E-state index is 12.2. The summed E-state index contributed by atoms with van der Waals surface area (Å²) in [6, 6.07) is 14.5. The molecule has 1 aromatic heterocycles. The average molecular weight is 463 g/mol. The number of carbonyl (C=O) groups excluding carboxylic acids is 1. The number of fused-ring (bicyclic) bond motifs is 3. The highest BCUT2D eigenvalue weighted by Gasteiger charge is 2.66. The molecule has 2 aromatic carbocycles. The minimum Gasteiger partial charge on any atom is -0.344 e. The fraction of sp³-hybridized carbons (Fsp3) is 0.263. The molecule has 0 saturated heterocycles. The number of alkyl halides is 2. The fourth-order valence-electron chi connectivity index (χ4n) is 3.20. The van der Waals surface area contributed by atoms with Gasteiger partial charge >= 0.3 is 0 Å². The number of para-hydroxylation sites is 1. The van der Waals surface area contributed by atoms with Gasteiger partial charge in [0.25, 0.3) is 0 Å². The van der Waals surface area contributed by atoms with Gasteiger partial charge in [0.2, 0.25) is 5.91 Å². The minimum absolute atomic E-state index is 0.0938. The van der Waals surface area contributed by atoms with Crippen molar-refractivity contribution >= 4 is 65.8 Å². The molecule has 25 heavy (non-hydrogen) atoms. The zero-order valence-corrected chi connectivity index (χ0v) is 17.1. The molecule has 0 unspecified atom stereocenters. The van der Waals surface area contributed by atoms with Crippen LogP contribution < -0.4 is 5.43 Å². The summed E-state index contributed by atoms with van der Waals surface area (Å²) < 4.78 is 1.88. The monoisotopic (exact) mass is 461 g/mol. The van der Waals surface area contributed by atoms with Crippen LogP contribution in [0.25, 0.3) is 21.8 Å². The van der Waals surface area contributed by atoms with E-state index in [2.05, 4.69) is 78.3 Å². The van der Waals surface area contributed by atoms with Crippen molar-refractivity contribution in [1.29, 1.82) is 0 Å². The number of nitrogens with zero attached hydrogens (tertiary/aromatic N) is 2. The van der Waals surface area contributed by atoms with E-state index in [1.807, 2.05) is 25.1 Å². The van der Waals surface area contributed by atoms with Crippen molar-refractivity contribution in [1.82, 2.24) is 9.99 Å². The van der Waals surface area contributed by atoms with Crippen LogP contribution in [0.4, 0.5) is 0 Å². The van der Waals surface area contributed by atoms with Crippen molar-refractivity contribution in [2.24, 2.45) is 17.6 Å². The molecule has 1 aliphatic carbocycles. The topological polar surface area (TPSA) is 46.4 Å². The maximum atomic E-state index is 12.2. The zero-order chi connectivity index (χ0) is 17.8. The van der Waals surface area contributed by atoms with Crippen molar-refractivity contribution in [3.8, 4) is 0 Å². The lowest BCUT2D eigenvalue weighted by atomic mass is 10.1. The first-order chi connectivity index (χ1) is 11.8. The molecule has 0 spiro atoms. The van der Waals surface area contributed by atoms with Gasteiger partial charge in [-0.3, -0.25) is 4.79 Å². The second-order valence-corrected chi connectivity index (χ2v) is 10.5. The number of halogens is 2. The Labute approximate surface area is 162 Å². The number of hydrazone groups is 1. The van der Waals surface area contributed by atoms with Gasteiger partial charge in [-0.25, -0.2) is 5.43 Å². The molecule has 0 radical (unpaired) electrons. The van der Waals surface area contributed by atoms with Crippen molar-refractivity contribution in [2.45, 2.75) is 16.6 Å². The lowest BCUT2D eigenvalue weighted by molar-refractivity contribution is -0.125. The average Bonchev–Trinajstić information content (AvgIpc) is 3.00. The van der Waals surface area contributed by atoms with Crippen molar-refractivity contribution in [3.63, 3.8) is 0 Å². The van der Waals surface area contributed by atoms with Crippen LogP contribution in [0.1, 0.15) is 18.9 Å². The van der Waals surface area contributed by atoms with Crippen LogP contribution in [0.3, 0.4) is 0 Å². The van der Waals surface area contributed by atoms with Gasteiger partial charge < -0.3 is 4.57 Å². The largest absolute Gasteiger partial charge is 0.344 e. The van der Waals surface area contributed by atoms with Crippen LogP contribution in [0.2, 0.25) is 0 Å². The molecule has 0 bridgehead atoms. The summed E-state index contributed by atoms with van der Waals surface area (Å²) in [4.78, 5) is 12.2. The predicted molar refractivity (Wildman–Crippen MR) is 109 cm³/mol. The molecule has 3 aromatic rings. The summed E-state index contributed by atoms with van der Waals surface area (Å²) in [6.45, 7) is 1.91. The molecule has 6 heteroatoms. The second kappa shape index (κ2) is 5.68. The number of nitrogens with one attached hydrogen (secondary N) is 1. The van der Waals surface area contributed by atoms with Crippen molar-refractivity contribution in [3.05, 3.63) is 48.0 Å². The van der Waals surface area contributed by atoms with E-state index < -0.39 is 5.41 Å². The highest BCUT2D eigenvalue weighted by molar-refractivity contribution is 9.25. The Balaban J connectivity index is 1.60. The van der Waals surface area contributed by atoms with Gasteiger partial charge in [0.05, 0.1) is 14.9 Å². The number of hydrogen-bond donors (Lipinski definition) is 1. The minimum atomic E-state index is -0.468. The Kier molecular flexibility index (Phi) is 3.81. The first-order valence-corrected chi connectivity index (χ1v) is 9.61. The van der Waals surface area contributed by atoms with E-state index in [1.54, 1.807) is 6.21 Å². The van der Waals surface area contributed by atoms with Gasteiger partial charge in [0.1, 0.15) is 0 Å². The molecule has 1 N–H and O–H groups in total. The maximum Gasteiger partial charge on any atom is 0.248 e. The van der Waals surface area contributed by atoms with Gasteiger partial charge in [-0.15, -0.1) is 0 Å². The third-order valence-corrected chi connectivity index (χ3v) is 7.39. The second-order valence-electron chi connectivity index (χ2n) is 6.77. The van der Waals surface area contributed by atoms with E-state index in [0.717, 1.165) is 12.0 Å². The molecule has 1 saturated carbocycles. The standard InChI is InChI=1S/C19H17Br2N3O/c1-18(11-19(18,20)21)17(25)23-22-10-12-7-8-16-14(9-12)13-5-3-4-6-15(13)24(16)2/h3-10H,11H2,1-2H3,(H,23,25)/t18-/m1/s1. The SMILES string of the molecule is Cn1c2ccccc2c2cc(C=NNC(=O)[C@@]3(C)CC3(Br)Br)ccc21. The Bertz CT molecular complexity index is 1040. The van der Waals surface area contributed by atoms with E-state index in [-0.39, 0.29) is 9.14 Å². The van der Waals surface area contributed by atoms with Crippen LogP contribution in [-0.4, -0.2) is 19.9 Å². The number of hydrogen-bond acceptors (Lipinski definition) is 2. The summed E-state index contributed by atoms with van der Waals surface area (Å²) in [5.74, 6) is -0.0938. The van der Waals surface area contributed by atoms with Crippen molar-refractivity contribution < 1.29 is 4.79 Å². The molecule has 0 aliphatic heterocycles. The Hall–Kier alpha value is -1.66. The number of benzene rings is 2. The summed E-state index contributed by atoms with van der Waals surface area (Å²) >= 11 is 7.00. The third-order valence-electron chi connectivity index (χ3n) is 5.08. The highest BCUT2D eigenvalue weighted by Crippen LogP contribution is 2.66.